The molecule has 7 nitrogen and oxygen atoms in total. The van der Waals surface area contributed by atoms with Crippen molar-refractivity contribution in [3.63, 3.8) is 0 Å². The fourth-order valence-corrected chi connectivity index (χ4v) is 3.03. The maximum Gasteiger partial charge on any atom is 0.248 e. The predicted molar refractivity (Wildman–Crippen MR) is 93.6 cm³/mol. The van der Waals surface area contributed by atoms with E-state index in [0.29, 0.717) is 6.61 Å². The number of hydrogen-bond donors (Lipinski definition) is 0. The first-order valence-corrected chi connectivity index (χ1v) is 8.51. The Morgan fingerprint density at radius 3 is 2.80 bits per heavy atom. The zero-order valence-electron chi connectivity index (χ0n) is 15.1. The number of pyridine rings is 1. The highest BCUT2D eigenvalue weighted by Gasteiger charge is 2.27. The fourth-order valence-electron chi connectivity index (χ4n) is 3.03. The maximum atomic E-state index is 11.6. The normalized spacial score (nSPS) is 17.3. The maximum absolute atomic E-state index is 11.6. The van der Waals surface area contributed by atoms with Gasteiger partial charge >= 0.3 is 0 Å². The van der Waals surface area contributed by atoms with Crippen molar-refractivity contribution < 1.29 is 9.53 Å². The molecule has 0 radical (unpaired) electrons. The molecule has 0 bridgehead atoms. The van der Waals surface area contributed by atoms with Crippen LogP contribution in [0.4, 0.5) is 0 Å². The van der Waals surface area contributed by atoms with Gasteiger partial charge in [0, 0.05) is 46.1 Å². The average Bonchev–Trinajstić information content (AvgIpc) is 3.02. The molecule has 1 aliphatic rings. The summed E-state index contributed by atoms with van der Waals surface area (Å²) < 4.78 is 7.77. The van der Waals surface area contributed by atoms with Gasteiger partial charge in [0.1, 0.15) is 12.4 Å². The van der Waals surface area contributed by atoms with Crippen molar-refractivity contribution in [1.29, 1.82) is 0 Å². The lowest BCUT2D eigenvalue weighted by Crippen LogP contribution is -2.37. The summed E-state index contributed by atoms with van der Waals surface area (Å²) in [6.07, 6.45) is 5.52. The van der Waals surface area contributed by atoms with Gasteiger partial charge in [0.15, 0.2) is 0 Å². The van der Waals surface area contributed by atoms with E-state index in [4.69, 9.17) is 4.74 Å². The van der Waals surface area contributed by atoms with Crippen LogP contribution in [-0.4, -0.2) is 57.5 Å². The second kappa shape index (κ2) is 7.76. The van der Waals surface area contributed by atoms with Crippen LogP contribution in [0, 0.1) is 0 Å². The molecule has 2 aromatic rings. The average molecular weight is 343 g/mol. The largest absolute Gasteiger partial charge is 0.365 e. The van der Waals surface area contributed by atoms with E-state index in [9.17, 15) is 4.79 Å². The first kappa shape index (κ1) is 17.6. The third-order valence-corrected chi connectivity index (χ3v) is 4.61. The molecule has 1 amide bonds. The summed E-state index contributed by atoms with van der Waals surface area (Å²) in [6.45, 7) is 5.40. The number of hydrogen-bond acceptors (Lipinski definition) is 5. The second-order valence-corrected chi connectivity index (χ2v) is 6.54. The molecule has 0 unspecified atom stereocenters. The van der Waals surface area contributed by atoms with Crippen LogP contribution in [0.2, 0.25) is 0 Å². The predicted octanol–water partition coefficient (Wildman–Crippen LogP) is 1.46. The third kappa shape index (κ3) is 4.05. The van der Waals surface area contributed by atoms with Gasteiger partial charge in [-0.15, -0.1) is 0 Å². The zero-order valence-corrected chi connectivity index (χ0v) is 15.1. The van der Waals surface area contributed by atoms with Gasteiger partial charge in [-0.25, -0.2) is 4.98 Å². The number of aromatic nitrogens is 3. The Balaban J connectivity index is 1.62. The van der Waals surface area contributed by atoms with Crippen LogP contribution in [0.3, 0.4) is 0 Å². The molecule has 0 aromatic carbocycles. The topological polar surface area (TPSA) is 63.5 Å². The van der Waals surface area contributed by atoms with Gasteiger partial charge in [0.25, 0.3) is 0 Å². The number of ether oxygens (including phenoxy) is 1. The number of carbonyl (C=O) groups excluding carboxylic acids is 1. The fraction of sp³-hybridized carbons (Fsp3) is 0.500. The number of imidazole rings is 1. The molecule has 134 valence electrons. The van der Waals surface area contributed by atoms with E-state index in [1.165, 1.54) is 10.5 Å². The van der Waals surface area contributed by atoms with Crippen LogP contribution in [0.25, 0.3) is 0 Å². The van der Waals surface area contributed by atoms with Crippen molar-refractivity contribution in [2.24, 2.45) is 0 Å². The monoisotopic (exact) mass is 343 g/mol. The second-order valence-electron chi connectivity index (χ2n) is 6.54. The number of rotatable bonds is 6. The molecular weight excluding hydrogens is 318 g/mol. The minimum Gasteiger partial charge on any atom is -0.365 e. The molecule has 2 aromatic heterocycles. The standard InChI is InChI=1S/C18H25N5O2/c1-14-18-20-10-16(12-25-13-17(24)21(2)3)23(18)9-8-22(14)11-15-4-6-19-7-5-15/h4-7,10,14H,8-9,11-13H2,1-3H3/t14-/m1/s1. The van der Waals surface area contributed by atoms with E-state index in [-0.39, 0.29) is 18.6 Å². The Morgan fingerprint density at radius 1 is 1.32 bits per heavy atom. The summed E-state index contributed by atoms with van der Waals surface area (Å²) in [6, 6.07) is 4.34. The van der Waals surface area contributed by atoms with Crippen molar-refractivity contribution in [3.05, 3.63) is 47.8 Å². The van der Waals surface area contributed by atoms with Crippen LogP contribution >= 0.6 is 0 Å². The number of nitrogens with zero attached hydrogens (tertiary/aromatic N) is 5. The number of amides is 1. The van der Waals surface area contributed by atoms with Crippen molar-refractivity contribution in [2.75, 3.05) is 27.2 Å². The van der Waals surface area contributed by atoms with Gasteiger partial charge < -0.3 is 14.2 Å². The van der Waals surface area contributed by atoms with Gasteiger partial charge in [0.05, 0.1) is 24.5 Å². The van der Waals surface area contributed by atoms with E-state index in [2.05, 4.69) is 38.5 Å². The van der Waals surface area contributed by atoms with Gasteiger partial charge in [-0.3, -0.25) is 14.7 Å². The molecule has 3 heterocycles. The van der Waals surface area contributed by atoms with E-state index < -0.39 is 0 Å². The highest BCUT2D eigenvalue weighted by Crippen LogP contribution is 2.27. The smallest absolute Gasteiger partial charge is 0.248 e. The Bertz CT molecular complexity index is 714. The molecule has 0 fully saturated rings. The van der Waals surface area contributed by atoms with Crippen LogP contribution in [0.1, 0.15) is 30.0 Å². The lowest BCUT2D eigenvalue weighted by Gasteiger charge is -2.34. The molecule has 0 aliphatic carbocycles. The summed E-state index contributed by atoms with van der Waals surface area (Å²) >= 11 is 0. The molecule has 3 rings (SSSR count). The highest BCUT2D eigenvalue weighted by molar-refractivity contribution is 5.76. The first-order valence-electron chi connectivity index (χ1n) is 8.51. The van der Waals surface area contributed by atoms with Crippen LogP contribution < -0.4 is 0 Å². The quantitative estimate of drug-likeness (QED) is 0.795. The van der Waals surface area contributed by atoms with Crippen molar-refractivity contribution in [3.8, 4) is 0 Å². The molecular formula is C18H25N5O2. The Kier molecular flexibility index (Phi) is 5.45. The van der Waals surface area contributed by atoms with Crippen molar-refractivity contribution >= 4 is 5.91 Å². The zero-order chi connectivity index (χ0) is 17.8. The van der Waals surface area contributed by atoms with Crippen LogP contribution in [0.15, 0.2) is 30.7 Å². The summed E-state index contributed by atoms with van der Waals surface area (Å²) in [4.78, 5) is 24.2. The summed E-state index contributed by atoms with van der Waals surface area (Å²) in [5, 5.41) is 0. The lowest BCUT2D eigenvalue weighted by molar-refractivity contribution is -0.134. The molecule has 7 heteroatoms. The number of likely N-dealkylation sites (N-methyl/N-ethyl adjacent to an activating group) is 1. The minimum atomic E-state index is -0.0322. The van der Waals surface area contributed by atoms with Crippen molar-refractivity contribution in [1.82, 2.24) is 24.3 Å². The van der Waals surface area contributed by atoms with E-state index in [0.717, 1.165) is 31.2 Å². The molecule has 1 aliphatic heterocycles. The molecule has 0 N–H and O–H groups in total. The van der Waals surface area contributed by atoms with E-state index in [1.54, 1.807) is 14.1 Å². The molecule has 0 saturated carbocycles. The molecule has 1 atom stereocenters. The summed E-state index contributed by atoms with van der Waals surface area (Å²) in [7, 11) is 3.46. The van der Waals surface area contributed by atoms with Crippen LogP contribution in [-0.2, 0) is 29.2 Å². The molecule has 0 saturated heterocycles. The minimum absolute atomic E-state index is 0.0322. The van der Waals surface area contributed by atoms with E-state index >= 15 is 0 Å². The molecule has 0 spiro atoms. The molecule has 25 heavy (non-hydrogen) atoms. The third-order valence-electron chi connectivity index (χ3n) is 4.61. The van der Waals surface area contributed by atoms with E-state index in [1.807, 2.05) is 18.6 Å². The van der Waals surface area contributed by atoms with Gasteiger partial charge in [0.2, 0.25) is 5.91 Å². The van der Waals surface area contributed by atoms with Crippen LogP contribution in [0.5, 0.6) is 0 Å². The highest BCUT2D eigenvalue weighted by atomic mass is 16.5. The Labute approximate surface area is 148 Å². The first-order chi connectivity index (χ1) is 12.1. The summed E-state index contributed by atoms with van der Waals surface area (Å²) in [5.74, 6) is 1.02. The SMILES string of the molecule is C[C@@H]1c2ncc(COCC(=O)N(C)C)n2CCN1Cc1ccncc1. The van der Waals surface area contributed by atoms with Crippen molar-refractivity contribution in [2.45, 2.75) is 32.7 Å². The number of carbonyl (C=O) groups is 1. The summed E-state index contributed by atoms with van der Waals surface area (Å²) in [5.41, 5.74) is 2.28. The lowest BCUT2D eigenvalue weighted by atomic mass is 10.1. The van der Waals surface area contributed by atoms with Gasteiger partial charge in [-0.05, 0) is 24.6 Å². The Hall–Kier alpha value is -2.25. The Morgan fingerprint density at radius 2 is 2.08 bits per heavy atom. The van der Waals surface area contributed by atoms with Gasteiger partial charge in [-0.2, -0.15) is 0 Å². The number of fused-ring (bicyclic) bond motifs is 1. The van der Waals surface area contributed by atoms with Gasteiger partial charge in [-0.1, -0.05) is 0 Å².